The third-order valence-corrected chi connectivity index (χ3v) is 7.36. The first-order chi connectivity index (χ1) is 18.7. The van der Waals surface area contributed by atoms with Crippen LogP contribution in [0.3, 0.4) is 0 Å². The van der Waals surface area contributed by atoms with E-state index in [1.54, 1.807) is 18.0 Å². The van der Waals surface area contributed by atoms with Crippen LogP contribution in [0.5, 0.6) is 0 Å². The number of likely N-dealkylation sites (N-methyl/N-ethyl adjacent to an activating group) is 1. The molecule has 0 saturated carbocycles. The fourth-order valence-electron chi connectivity index (χ4n) is 5.13. The Balaban J connectivity index is 1.75. The number of fused-ring (bicyclic) bond motifs is 1. The van der Waals surface area contributed by atoms with Crippen molar-refractivity contribution >= 4 is 35.1 Å². The lowest BCUT2D eigenvalue weighted by Gasteiger charge is -2.33. The van der Waals surface area contributed by atoms with Gasteiger partial charge >= 0.3 is 12.1 Å². The van der Waals surface area contributed by atoms with E-state index < -0.39 is 29.9 Å². The van der Waals surface area contributed by atoms with Crippen molar-refractivity contribution in [2.75, 3.05) is 23.8 Å². The molecule has 2 aromatic rings. The first-order valence-corrected chi connectivity index (χ1v) is 13.8. The third-order valence-electron chi connectivity index (χ3n) is 7.36. The van der Waals surface area contributed by atoms with E-state index in [0.29, 0.717) is 30.1 Å². The molecule has 2 aliphatic rings. The van der Waals surface area contributed by atoms with Crippen LogP contribution in [-0.4, -0.2) is 60.0 Å². The van der Waals surface area contributed by atoms with E-state index in [1.165, 1.54) is 4.90 Å². The van der Waals surface area contributed by atoms with E-state index in [9.17, 15) is 14.4 Å². The summed E-state index contributed by atoms with van der Waals surface area (Å²) < 4.78 is 5.83. The summed E-state index contributed by atoms with van der Waals surface area (Å²) in [6, 6.07) is 13.9. The van der Waals surface area contributed by atoms with E-state index in [0.717, 1.165) is 24.0 Å². The highest BCUT2D eigenvalue weighted by molar-refractivity contribution is 6.15. The number of carbonyl (C=O) groups excluding carboxylic acids is 3. The van der Waals surface area contributed by atoms with Crippen LogP contribution in [0.15, 0.2) is 53.5 Å². The van der Waals surface area contributed by atoms with E-state index in [4.69, 9.17) is 9.73 Å². The van der Waals surface area contributed by atoms with Crippen LogP contribution in [-0.2, 0) is 9.53 Å². The van der Waals surface area contributed by atoms with Crippen molar-refractivity contribution in [2.24, 2.45) is 10.4 Å². The lowest BCUT2D eigenvalue weighted by atomic mass is 9.84. The van der Waals surface area contributed by atoms with Crippen molar-refractivity contribution in [3.8, 4) is 0 Å². The molecule has 2 aliphatic heterocycles. The molecule has 0 aromatic heterocycles. The van der Waals surface area contributed by atoms with E-state index in [2.05, 4.69) is 24.5 Å². The number of hydrogen-bond donors (Lipinski definition) is 2. The van der Waals surface area contributed by atoms with Crippen molar-refractivity contribution in [1.29, 1.82) is 0 Å². The summed E-state index contributed by atoms with van der Waals surface area (Å²) in [7, 11) is 1.68. The number of nitrogens with zero attached hydrogens (tertiary/aromatic N) is 3. The van der Waals surface area contributed by atoms with Crippen LogP contribution in [0.2, 0.25) is 0 Å². The molecule has 0 spiro atoms. The number of amides is 4. The van der Waals surface area contributed by atoms with Gasteiger partial charge in [-0.05, 0) is 76.1 Å². The zero-order chi connectivity index (χ0) is 29.2. The second-order valence-corrected chi connectivity index (χ2v) is 12.4. The quantitative estimate of drug-likeness (QED) is 0.513. The van der Waals surface area contributed by atoms with Crippen molar-refractivity contribution in [1.82, 2.24) is 10.2 Å². The highest BCUT2D eigenvalue weighted by Gasteiger charge is 2.40. The van der Waals surface area contributed by atoms with Crippen LogP contribution in [0.1, 0.15) is 65.0 Å². The first-order valence-electron chi connectivity index (χ1n) is 13.8. The number of benzodiazepines with no additional fused rings is 1. The summed E-state index contributed by atoms with van der Waals surface area (Å²) in [5, 5.41) is 5.56. The Bertz CT molecular complexity index is 1310. The number of ether oxygens (including phenoxy) is 1. The number of likely N-dealkylation sites (tertiary alicyclic amines) is 1. The van der Waals surface area contributed by atoms with E-state index >= 15 is 0 Å². The predicted octanol–water partition coefficient (Wildman–Crippen LogP) is 5.72. The Labute approximate surface area is 237 Å². The summed E-state index contributed by atoms with van der Waals surface area (Å²) in [6.45, 7) is 12.4. The highest BCUT2D eigenvalue weighted by Crippen LogP contribution is 2.36. The molecule has 2 atom stereocenters. The van der Waals surface area contributed by atoms with Crippen molar-refractivity contribution in [2.45, 2.75) is 78.6 Å². The molecule has 2 heterocycles. The summed E-state index contributed by atoms with van der Waals surface area (Å²) in [4.78, 5) is 48.4. The van der Waals surface area contributed by atoms with Gasteiger partial charge in [0.1, 0.15) is 5.60 Å². The number of para-hydroxylation sites is 1. The molecule has 9 nitrogen and oxygen atoms in total. The molecule has 9 heteroatoms. The van der Waals surface area contributed by atoms with Gasteiger partial charge in [-0.3, -0.25) is 14.7 Å². The van der Waals surface area contributed by atoms with Crippen LogP contribution in [0.4, 0.5) is 21.0 Å². The van der Waals surface area contributed by atoms with Gasteiger partial charge in [0.05, 0.1) is 17.4 Å². The van der Waals surface area contributed by atoms with Gasteiger partial charge in [-0.25, -0.2) is 9.59 Å². The molecular weight excluding hydrogens is 506 g/mol. The average Bonchev–Trinajstić information content (AvgIpc) is 3.08. The van der Waals surface area contributed by atoms with Crippen molar-refractivity contribution < 1.29 is 19.1 Å². The van der Waals surface area contributed by atoms with E-state index in [-0.39, 0.29) is 11.3 Å². The molecular formula is C31H41N5O4. The monoisotopic (exact) mass is 547 g/mol. The minimum Gasteiger partial charge on any atom is -0.444 e. The van der Waals surface area contributed by atoms with Crippen molar-refractivity contribution in [3.63, 3.8) is 0 Å². The minimum absolute atomic E-state index is 0.0117. The maximum atomic E-state index is 13.6. The number of nitrogens with one attached hydrogen (secondary N) is 2. The molecule has 4 rings (SSSR count). The number of anilines is 2. The number of aryl methyl sites for hydroxylation is 1. The summed E-state index contributed by atoms with van der Waals surface area (Å²) in [5.74, 6) is -0.375. The molecule has 1 saturated heterocycles. The zero-order valence-corrected chi connectivity index (χ0v) is 24.6. The van der Waals surface area contributed by atoms with Gasteiger partial charge < -0.3 is 20.3 Å². The number of carbonyl (C=O) groups is 3. The van der Waals surface area contributed by atoms with Gasteiger partial charge in [0, 0.05) is 24.8 Å². The smallest absolute Gasteiger partial charge is 0.410 e. The van der Waals surface area contributed by atoms with Gasteiger partial charge in [0.15, 0.2) is 0 Å². The molecule has 0 radical (unpaired) electrons. The van der Waals surface area contributed by atoms with Crippen LogP contribution in [0.25, 0.3) is 0 Å². The lowest BCUT2D eigenvalue weighted by molar-refractivity contribution is -0.119. The van der Waals surface area contributed by atoms with Crippen LogP contribution < -0.4 is 15.5 Å². The minimum atomic E-state index is -1.19. The fraction of sp³-hybridized carbons (Fsp3) is 0.484. The second kappa shape index (κ2) is 11.3. The Morgan fingerprint density at radius 2 is 1.80 bits per heavy atom. The molecule has 2 N–H and O–H groups in total. The molecule has 2 aromatic carbocycles. The number of aliphatic imine (C=N–C) groups is 1. The topological polar surface area (TPSA) is 103 Å². The zero-order valence-electron chi connectivity index (χ0n) is 24.6. The molecule has 214 valence electrons. The standard InChI is InChI=1S/C31H41N5O4/c1-20-11-10-12-21(19-20)32-28(38)34-26-27(37)35(7)23-14-9-8-13-22(23)25(33-26)24-15-16-31(5,6)17-18-36(24)29(39)40-30(2,3)4/h8-14,19,24,26H,15-18H2,1-7H3,(H2,32,34,38)/t24-,26+/m1/s1. The van der Waals surface area contributed by atoms with Crippen LogP contribution >= 0.6 is 0 Å². The summed E-state index contributed by atoms with van der Waals surface area (Å²) in [6.07, 6.45) is 0.694. The Morgan fingerprint density at radius 1 is 1.07 bits per heavy atom. The second-order valence-electron chi connectivity index (χ2n) is 12.4. The number of benzene rings is 2. The maximum absolute atomic E-state index is 13.6. The Hall–Kier alpha value is -3.88. The Kier molecular flexibility index (Phi) is 8.23. The highest BCUT2D eigenvalue weighted by atomic mass is 16.6. The summed E-state index contributed by atoms with van der Waals surface area (Å²) >= 11 is 0. The van der Waals surface area contributed by atoms with Gasteiger partial charge in [0.25, 0.3) is 5.91 Å². The molecule has 0 bridgehead atoms. The Morgan fingerprint density at radius 3 is 2.50 bits per heavy atom. The van der Waals surface area contributed by atoms with Gasteiger partial charge in [-0.2, -0.15) is 0 Å². The van der Waals surface area contributed by atoms with E-state index in [1.807, 2.05) is 70.2 Å². The molecule has 4 amide bonds. The molecule has 1 fully saturated rings. The SMILES string of the molecule is Cc1cccc(NC(=O)N[C@@H]2N=C([C@H]3CCC(C)(C)CCN3C(=O)OC(C)(C)C)c3ccccc3N(C)C2=O)c1. The fourth-order valence-corrected chi connectivity index (χ4v) is 5.13. The van der Waals surface area contributed by atoms with Gasteiger partial charge in [-0.15, -0.1) is 0 Å². The number of urea groups is 1. The number of hydrogen-bond acceptors (Lipinski definition) is 5. The molecule has 40 heavy (non-hydrogen) atoms. The normalized spacial score (nSPS) is 21.0. The average molecular weight is 548 g/mol. The van der Waals surface area contributed by atoms with Gasteiger partial charge in [0.2, 0.25) is 6.17 Å². The molecule has 0 unspecified atom stereocenters. The summed E-state index contributed by atoms with van der Waals surface area (Å²) in [5.41, 5.74) is 2.96. The maximum Gasteiger partial charge on any atom is 0.410 e. The number of rotatable bonds is 3. The third kappa shape index (κ3) is 6.81. The van der Waals surface area contributed by atoms with Crippen molar-refractivity contribution in [3.05, 3.63) is 59.7 Å². The van der Waals surface area contributed by atoms with Gasteiger partial charge in [-0.1, -0.05) is 44.2 Å². The lowest BCUT2D eigenvalue weighted by Crippen LogP contribution is -2.49. The largest absolute Gasteiger partial charge is 0.444 e. The predicted molar refractivity (Wildman–Crippen MR) is 158 cm³/mol. The molecule has 0 aliphatic carbocycles. The first kappa shape index (κ1) is 29.1. The van der Waals surface area contributed by atoms with Crippen LogP contribution in [0, 0.1) is 12.3 Å².